The summed E-state index contributed by atoms with van der Waals surface area (Å²) in [7, 11) is 0. The number of fused-ring (bicyclic) bond motifs is 1. The van der Waals surface area contributed by atoms with Crippen molar-refractivity contribution in [3.8, 4) is 22.4 Å². The Kier molecular flexibility index (Phi) is 4.19. The minimum Gasteiger partial charge on any atom is -0.310 e. The molecule has 1 saturated carbocycles. The fraction of sp³-hybridized carbons (Fsp3) is 0.318. The molecule has 1 N–H and O–H groups in total. The van der Waals surface area contributed by atoms with Crippen molar-refractivity contribution >= 4 is 11.7 Å². The van der Waals surface area contributed by atoms with E-state index in [0.29, 0.717) is 5.82 Å². The monoisotopic (exact) mass is 376 g/mol. The summed E-state index contributed by atoms with van der Waals surface area (Å²) in [6, 6.07) is 10.3. The van der Waals surface area contributed by atoms with Crippen LogP contribution in [0.2, 0.25) is 0 Å². The number of carbonyl (C=O) groups excluding carboxylic acids is 1. The number of benzene rings is 1. The predicted molar refractivity (Wildman–Crippen MR) is 105 cm³/mol. The van der Waals surface area contributed by atoms with E-state index in [1.54, 1.807) is 18.3 Å². The number of aromatic nitrogens is 3. The molecule has 0 spiro atoms. The summed E-state index contributed by atoms with van der Waals surface area (Å²) in [5.41, 5.74) is 4.93. The first-order valence-electron chi connectivity index (χ1n) is 9.82. The summed E-state index contributed by atoms with van der Waals surface area (Å²) in [4.78, 5) is 16.6. The highest BCUT2D eigenvalue weighted by atomic mass is 19.1. The zero-order valence-corrected chi connectivity index (χ0v) is 15.5. The minimum absolute atomic E-state index is 0.0508. The number of amides is 1. The number of hydrogen-bond acceptors (Lipinski definition) is 3. The number of carbonyl (C=O) groups is 1. The van der Waals surface area contributed by atoms with Gasteiger partial charge in [0, 0.05) is 35.5 Å². The van der Waals surface area contributed by atoms with Crippen LogP contribution in [-0.4, -0.2) is 20.7 Å². The van der Waals surface area contributed by atoms with E-state index in [9.17, 15) is 9.18 Å². The number of anilines is 1. The van der Waals surface area contributed by atoms with Crippen LogP contribution < -0.4 is 5.32 Å². The summed E-state index contributed by atoms with van der Waals surface area (Å²) < 4.78 is 15.4. The van der Waals surface area contributed by atoms with Gasteiger partial charge in [-0.2, -0.15) is 5.10 Å². The maximum absolute atomic E-state index is 13.4. The quantitative estimate of drug-likeness (QED) is 0.732. The minimum atomic E-state index is -0.262. The molecular formula is C22H21FN4O. The lowest BCUT2D eigenvalue weighted by molar-refractivity contribution is -0.122. The zero-order chi connectivity index (χ0) is 19.1. The summed E-state index contributed by atoms with van der Waals surface area (Å²) in [5, 5.41) is 7.75. The first kappa shape index (κ1) is 17.1. The van der Waals surface area contributed by atoms with Crippen molar-refractivity contribution in [3.63, 3.8) is 0 Å². The van der Waals surface area contributed by atoms with Crippen LogP contribution in [0, 0.1) is 11.7 Å². The molecule has 2 aromatic heterocycles. The van der Waals surface area contributed by atoms with Gasteiger partial charge in [-0.25, -0.2) is 9.37 Å². The first-order chi connectivity index (χ1) is 13.7. The van der Waals surface area contributed by atoms with E-state index < -0.39 is 0 Å². The van der Waals surface area contributed by atoms with Crippen molar-refractivity contribution in [1.29, 1.82) is 0 Å². The smallest absolute Gasteiger partial charge is 0.228 e. The molecule has 3 aromatic rings. The molecule has 1 aromatic carbocycles. The third-order valence-electron chi connectivity index (χ3n) is 5.73. The maximum atomic E-state index is 13.4. The molecule has 1 fully saturated rings. The van der Waals surface area contributed by atoms with Gasteiger partial charge in [0.05, 0.1) is 0 Å². The Bertz CT molecular complexity index is 1040. The van der Waals surface area contributed by atoms with E-state index >= 15 is 0 Å². The Morgan fingerprint density at radius 1 is 1.11 bits per heavy atom. The standard InChI is InChI=1S/C22H21FN4O/c23-17-8-6-14(7-9-17)21-20(18-5-2-12-27(18)26-21)16-10-11-24-19(13-16)25-22(28)15-3-1-4-15/h6-11,13,15H,1-5,12H2,(H,24,25,28). The number of halogens is 1. The van der Waals surface area contributed by atoms with Crippen LogP contribution in [0.5, 0.6) is 0 Å². The molecule has 5 rings (SSSR count). The molecule has 2 aliphatic rings. The first-order valence-corrected chi connectivity index (χ1v) is 9.82. The van der Waals surface area contributed by atoms with Gasteiger partial charge in [0.1, 0.15) is 17.3 Å². The van der Waals surface area contributed by atoms with Gasteiger partial charge in [-0.3, -0.25) is 9.48 Å². The van der Waals surface area contributed by atoms with Crippen LogP contribution >= 0.6 is 0 Å². The van der Waals surface area contributed by atoms with Crippen LogP contribution in [0.1, 0.15) is 31.4 Å². The highest BCUT2D eigenvalue weighted by molar-refractivity contribution is 5.93. The van der Waals surface area contributed by atoms with Gasteiger partial charge >= 0.3 is 0 Å². The fourth-order valence-electron chi connectivity index (χ4n) is 4.00. The Labute approximate surface area is 162 Å². The van der Waals surface area contributed by atoms with Crippen molar-refractivity contribution < 1.29 is 9.18 Å². The normalized spacial score (nSPS) is 15.9. The van der Waals surface area contributed by atoms with Crippen LogP contribution in [0.25, 0.3) is 22.4 Å². The van der Waals surface area contributed by atoms with Gasteiger partial charge < -0.3 is 5.32 Å². The van der Waals surface area contributed by atoms with Gasteiger partial charge in [-0.15, -0.1) is 0 Å². The number of pyridine rings is 1. The van der Waals surface area contributed by atoms with E-state index in [-0.39, 0.29) is 17.6 Å². The second kappa shape index (κ2) is 6.86. The molecule has 0 unspecified atom stereocenters. The van der Waals surface area contributed by atoms with Gasteiger partial charge in [0.2, 0.25) is 5.91 Å². The van der Waals surface area contributed by atoms with Crippen LogP contribution in [-0.2, 0) is 17.8 Å². The molecule has 3 heterocycles. The lowest BCUT2D eigenvalue weighted by Gasteiger charge is -2.23. The summed E-state index contributed by atoms with van der Waals surface area (Å²) in [6.07, 6.45) is 6.77. The van der Waals surface area contributed by atoms with E-state index in [0.717, 1.165) is 61.0 Å². The lowest BCUT2D eigenvalue weighted by Crippen LogP contribution is -2.28. The van der Waals surface area contributed by atoms with E-state index in [4.69, 9.17) is 5.10 Å². The molecule has 6 heteroatoms. The molecular weight excluding hydrogens is 355 g/mol. The Balaban J connectivity index is 1.54. The average Bonchev–Trinajstić information content (AvgIpc) is 3.22. The van der Waals surface area contributed by atoms with E-state index in [1.807, 2.05) is 16.8 Å². The molecule has 142 valence electrons. The van der Waals surface area contributed by atoms with Crippen molar-refractivity contribution in [2.45, 2.75) is 38.6 Å². The van der Waals surface area contributed by atoms with Crippen molar-refractivity contribution in [1.82, 2.24) is 14.8 Å². The summed E-state index contributed by atoms with van der Waals surface area (Å²) in [6.45, 7) is 0.889. The fourth-order valence-corrected chi connectivity index (χ4v) is 4.00. The molecule has 0 atom stereocenters. The van der Waals surface area contributed by atoms with Gasteiger partial charge in [-0.1, -0.05) is 6.42 Å². The SMILES string of the molecule is O=C(Nc1cc(-c2c(-c3ccc(F)cc3)nn3c2CCC3)ccn1)C1CCC1. The predicted octanol–water partition coefficient (Wildman–Crippen LogP) is 4.44. The Morgan fingerprint density at radius 2 is 1.93 bits per heavy atom. The highest BCUT2D eigenvalue weighted by Crippen LogP contribution is 2.38. The number of nitrogens with one attached hydrogen (secondary N) is 1. The summed E-state index contributed by atoms with van der Waals surface area (Å²) in [5.74, 6) is 0.467. The third kappa shape index (κ3) is 2.99. The lowest BCUT2D eigenvalue weighted by atomic mass is 9.85. The van der Waals surface area contributed by atoms with Gasteiger partial charge in [0.15, 0.2) is 0 Å². The molecule has 0 saturated heterocycles. The number of aryl methyl sites for hydroxylation is 1. The number of hydrogen-bond donors (Lipinski definition) is 1. The molecule has 0 radical (unpaired) electrons. The second-order valence-electron chi connectivity index (χ2n) is 7.55. The Hall–Kier alpha value is -3.02. The number of nitrogens with zero attached hydrogens (tertiary/aromatic N) is 3. The molecule has 0 bridgehead atoms. The van der Waals surface area contributed by atoms with Gasteiger partial charge in [0.25, 0.3) is 0 Å². The largest absolute Gasteiger partial charge is 0.310 e. The number of rotatable bonds is 4. The van der Waals surface area contributed by atoms with Crippen molar-refractivity contribution in [2.24, 2.45) is 5.92 Å². The molecule has 1 amide bonds. The maximum Gasteiger partial charge on any atom is 0.228 e. The molecule has 28 heavy (non-hydrogen) atoms. The van der Waals surface area contributed by atoms with Crippen molar-refractivity contribution in [2.75, 3.05) is 5.32 Å². The zero-order valence-electron chi connectivity index (χ0n) is 15.5. The molecule has 1 aliphatic carbocycles. The van der Waals surface area contributed by atoms with Crippen LogP contribution in [0.15, 0.2) is 42.6 Å². The summed E-state index contributed by atoms with van der Waals surface area (Å²) >= 11 is 0. The molecule has 5 nitrogen and oxygen atoms in total. The highest BCUT2D eigenvalue weighted by Gasteiger charge is 2.26. The van der Waals surface area contributed by atoms with Crippen molar-refractivity contribution in [3.05, 3.63) is 54.1 Å². The topological polar surface area (TPSA) is 59.8 Å². The molecule has 1 aliphatic heterocycles. The Morgan fingerprint density at radius 3 is 2.68 bits per heavy atom. The van der Waals surface area contributed by atoms with E-state index in [1.165, 1.54) is 17.8 Å². The van der Waals surface area contributed by atoms with Gasteiger partial charge in [-0.05, 0) is 67.6 Å². The van der Waals surface area contributed by atoms with Crippen LogP contribution in [0.3, 0.4) is 0 Å². The second-order valence-corrected chi connectivity index (χ2v) is 7.55. The van der Waals surface area contributed by atoms with Crippen LogP contribution in [0.4, 0.5) is 10.2 Å². The van der Waals surface area contributed by atoms with E-state index in [2.05, 4.69) is 10.3 Å². The third-order valence-corrected chi connectivity index (χ3v) is 5.73. The average molecular weight is 376 g/mol.